The topological polar surface area (TPSA) is 42.0 Å². The molecular formula is C25H26N2O. The molecule has 28 heavy (non-hydrogen) atoms. The van der Waals surface area contributed by atoms with E-state index in [2.05, 4.69) is 53.6 Å². The normalized spacial score (nSPS) is 15.1. The van der Waals surface area contributed by atoms with Crippen molar-refractivity contribution in [3.05, 3.63) is 100 Å². The number of aryl methyl sites for hydroxylation is 2. The molecule has 1 unspecified atom stereocenters. The second-order valence-electron chi connectivity index (χ2n) is 7.76. The molecule has 4 rings (SSSR count). The molecule has 0 saturated carbocycles. The van der Waals surface area contributed by atoms with Gasteiger partial charge in [-0.3, -0.25) is 9.78 Å². The molecule has 1 aliphatic heterocycles. The highest BCUT2D eigenvalue weighted by atomic mass is 16.1. The lowest BCUT2D eigenvalue weighted by atomic mass is 9.82. The molecule has 3 nitrogen and oxygen atoms in total. The lowest BCUT2D eigenvalue weighted by Gasteiger charge is -2.28. The molecular weight excluding hydrogens is 344 g/mol. The fourth-order valence-corrected chi connectivity index (χ4v) is 3.95. The molecule has 0 radical (unpaired) electrons. The summed E-state index contributed by atoms with van der Waals surface area (Å²) in [5.74, 6) is 0.572. The molecule has 142 valence electrons. The Hall–Kier alpha value is -2.78. The summed E-state index contributed by atoms with van der Waals surface area (Å²) in [5.41, 5.74) is 6.63. The number of ketones is 1. The Morgan fingerprint density at radius 2 is 1.82 bits per heavy atom. The van der Waals surface area contributed by atoms with Crippen molar-refractivity contribution in [2.75, 3.05) is 13.1 Å². The van der Waals surface area contributed by atoms with Crippen LogP contribution in [0.3, 0.4) is 0 Å². The maximum Gasteiger partial charge on any atom is 0.149 e. The number of hydrogen-bond donors (Lipinski definition) is 1. The van der Waals surface area contributed by atoms with Gasteiger partial charge in [0.15, 0.2) is 0 Å². The van der Waals surface area contributed by atoms with Crippen molar-refractivity contribution in [1.82, 2.24) is 10.3 Å². The molecule has 0 aliphatic carbocycles. The van der Waals surface area contributed by atoms with Crippen LogP contribution >= 0.6 is 0 Å². The molecule has 1 aliphatic rings. The van der Waals surface area contributed by atoms with E-state index in [4.69, 9.17) is 0 Å². The molecule has 3 heteroatoms. The smallest absolute Gasteiger partial charge is 0.149 e. The van der Waals surface area contributed by atoms with E-state index in [-0.39, 0.29) is 11.7 Å². The van der Waals surface area contributed by atoms with Crippen LogP contribution in [-0.4, -0.2) is 23.9 Å². The van der Waals surface area contributed by atoms with Crippen molar-refractivity contribution in [2.45, 2.75) is 32.1 Å². The molecule has 1 atom stereocenters. The van der Waals surface area contributed by atoms with Gasteiger partial charge in [-0.25, -0.2) is 0 Å². The summed E-state index contributed by atoms with van der Waals surface area (Å²) in [4.78, 5) is 17.7. The van der Waals surface area contributed by atoms with Crippen LogP contribution in [0.2, 0.25) is 0 Å². The average Bonchev–Trinajstić information content (AvgIpc) is 2.63. The number of hydrogen-bond acceptors (Lipinski definition) is 3. The van der Waals surface area contributed by atoms with E-state index in [1.165, 1.54) is 5.56 Å². The summed E-state index contributed by atoms with van der Waals surface area (Å²) >= 11 is 0. The Morgan fingerprint density at radius 1 is 1.07 bits per heavy atom. The van der Waals surface area contributed by atoms with E-state index in [0.717, 1.165) is 41.0 Å². The third-order valence-corrected chi connectivity index (χ3v) is 5.68. The molecule has 2 heterocycles. The Bertz CT molecular complexity index is 974. The van der Waals surface area contributed by atoms with Crippen LogP contribution in [0.1, 0.15) is 45.3 Å². The highest BCUT2D eigenvalue weighted by Gasteiger charge is 2.25. The summed E-state index contributed by atoms with van der Waals surface area (Å²) in [6.07, 6.45) is 2.19. The van der Waals surface area contributed by atoms with E-state index in [1.807, 2.05) is 31.2 Å². The first kappa shape index (κ1) is 18.6. The first-order valence-electron chi connectivity index (χ1n) is 9.92. The zero-order chi connectivity index (χ0) is 19.5. The standard InChI is InChI=1S/C25H26N2O/c1-17-5-3-4-6-23(17)25(24(28)14-19-11-12-27-18(2)13-19)21-9-7-20(8-10-21)22-15-26-16-22/h3-13,22,25-26H,14-16H2,1-2H3. The molecule has 1 saturated heterocycles. The highest BCUT2D eigenvalue weighted by Crippen LogP contribution is 2.31. The number of pyridine rings is 1. The summed E-state index contributed by atoms with van der Waals surface area (Å²) in [6.45, 7) is 6.13. The molecule has 1 fully saturated rings. The predicted octanol–water partition coefficient (Wildman–Crippen LogP) is 4.33. The minimum absolute atomic E-state index is 0.220. The fraction of sp³-hybridized carbons (Fsp3) is 0.280. The Balaban J connectivity index is 1.67. The maximum atomic E-state index is 13.4. The molecule has 3 aromatic rings. The zero-order valence-electron chi connectivity index (χ0n) is 16.5. The number of rotatable bonds is 6. The van der Waals surface area contributed by atoms with Crippen molar-refractivity contribution in [3.8, 4) is 0 Å². The van der Waals surface area contributed by atoms with Gasteiger partial charge in [0.1, 0.15) is 5.78 Å². The van der Waals surface area contributed by atoms with Gasteiger partial charge in [-0.05, 0) is 53.8 Å². The first-order chi connectivity index (χ1) is 13.6. The van der Waals surface area contributed by atoms with Crippen LogP contribution in [0, 0.1) is 13.8 Å². The first-order valence-corrected chi connectivity index (χ1v) is 9.92. The number of Topliss-reactive ketones (excluding diaryl/α,β-unsaturated/α-hetero) is 1. The van der Waals surface area contributed by atoms with Gasteiger partial charge in [0.05, 0.1) is 5.92 Å². The Morgan fingerprint density at radius 3 is 2.46 bits per heavy atom. The maximum absolute atomic E-state index is 13.4. The molecule has 0 bridgehead atoms. The molecule has 0 spiro atoms. The van der Waals surface area contributed by atoms with Crippen LogP contribution in [-0.2, 0) is 11.2 Å². The minimum atomic E-state index is -0.247. The third-order valence-electron chi connectivity index (χ3n) is 5.68. The fourth-order valence-electron chi connectivity index (χ4n) is 3.95. The summed E-state index contributed by atoms with van der Waals surface area (Å²) < 4.78 is 0. The van der Waals surface area contributed by atoms with Crippen LogP contribution in [0.25, 0.3) is 0 Å². The number of aromatic nitrogens is 1. The van der Waals surface area contributed by atoms with Gasteiger partial charge in [-0.15, -0.1) is 0 Å². The number of nitrogens with one attached hydrogen (secondary N) is 1. The zero-order valence-corrected chi connectivity index (χ0v) is 16.5. The van der Waals surface area contributed by atoms with Crippen LogP contribution in [0.5, 0.6) is 0 Å². The van der Waals surface area contributed by atoms with Gasteiger partial charge < -0.3 is 5.32 Å². The van der Waals surface area contributed by atoms with Crippen LogP contribution in [0.4, 0.5) is 0 Å². The van der Waals surface area contributed by atoms with Crippen LogP contribution < -0.4 is 5.32 Å². The van der Waals surface area contributed by atoms with Gasteiger partial charge in [0.25, 0.3) is 0 Å². The molecule has 1 aromatic heterocycles. The summed E-state index contributed by atoms with van der Waals surface area (Å²) in [7, 11) is 0. The number of benzene rings is 2. The minimum Gasteiger partial charge on any atom is -0.315 e. The summed E-state index contributed by atoms with van der Waals surface area (Å²) in [6, 6.07) is 20.8. The van der Waals surface area contributed by atoms with Crippen molar-refractivity contribution in [1.29, 1.82) is 0 Å². The average molecular weight is 370 g/mol. The summed E-state index contributed by atoms with van der Waals surface area (Å²) in [5, 5.41) is 3.32. The monoisotopic (exact) mass is 370 g/mol. The van der Waals surface area contributed by atoms with Gasteiger partial charge in [-0.2, -0.15) is 0 Å². The van der Waals surface area contributed by atoms with E-state index in [1.54, 1.807) is 6.20 Å². The number of nitrogens with zero attached hydrogens (tertiary/aromatic N) is 1. The lowest BCUT2D eigenvalue weighted by molar-refractivity contribution is -0.119. The number of carbonyl (C=O) groups is 1. The van der Waals surface area contributed by atoms with Gasteiger partial charge in [0, 0.05) is 37.3 Å². The largest absolute Gasteiger partial charge is 0.315 e. The highest BCUT2D eigenvalue weighted by molar-refractivity contribution is 5.91. The van der Waals surface area contributed by atoms with E-state index < -0.39 is 0 Å². The molecule has 1 N–H and O–H groups in total. The molecule has 2 aromatic carbocycles. The van der Waals surface area contributed by atoms with Crippen molar-refractivity contribution < 1.29 is 4.79 Å². The van der Waals surface area contributed by atoms with Gasteiger partial charge in [0.2, 0.25) is 0 Å². The predicted molar refractivity (Wildman–Crippen MR) is 113 cm³/mol. The third kappa shape index (κ3) is 3.90. The Labute approximate surface area is 166 Å². The number of carbonyl (C=O) groups excluding carboxylic acids is 1. The van der Waals surface area contributed by atoms with Crippen molar-refractivity contribution >= 4 is 5.78 Å². The van der Waals surface area contributed by atoms with Gasteiger partial charge in [-0.1, -0.05) is 48.5 Å². The lowest BCUT2D eigenvalue weighted by Crippen LogP contribution is -2.39. The van der Waals surface area contributed by atoms with E-state index >= 15 is 0 Å². The van der Waals surface area contributed by atoms with Crippen molar-refractivity contribution in [3.63, 3.8) is 0 Å². The second-order valence-corrected chi connectivity index (χ2v) is 7.76. The van der Waals surface area contributed by atoms with Crippen molar-refractivity contribution in [2.24, 2.45) is 0 Å². The van der Waals surface area contributed by atoms with Gasteiger partial charge >= 0.3 is 0 Å². The van der Waals surface area contributed by atoms with Crippen LogP contribution in [0.15, 0.2) is 66.9 Å². The van der Waals surface area contributed by atoms with E-state index in [0.29, 0.717) is 12.3 Å². The van der Waals surface area contributed by atoms with E-state index in [9.17, 15) is 4.79 Å². The second kappa shape index (κ2) is 8.07. The SMILES string of the molecule is Cc1cc(CC(=O)C(c2ccc(C3CNC3)cc2)c2ccccc2C)ccn1. The molecule has 0 amide bonds. The Kier molecular flexibility index (Phi) is 5.36. The quantitative estimate of drug-likeness (QED) is 0.702.